The van der Waals surface area contributed by atoms with Gasteiger partial charge in [-0.25, -0.2) is 0 Å². The third kappa shape index (κ3) is 2.90. The van der Waals surface area contributed by atoms with Gasteiger partial charge in [-0.05, 0) is 35.6 Å². The SMILES string of the molecule is Cc1ccc(C2CNc3cc(C(C)(C)C)ccc3O2)cc1. The highest BCUT2D eigenvalue weighted by molar-refractivity contribution is 5.60. The third-order valence-corrected chi connectivity index (χ3v) is 4.04. The van der Waals surface area contributed by atoms with Gasteiger partial charge in [0.05, 0.1) is 12.2 Å². The van der Waals surface area contributed by atoms with E-state index in [0.29, 0.717) is 0 Å². The molecule has 0 radical (unpaired) electrons. The highest BCUT2D eigenvalue weighted by atomic mass is 16.5. The summed E-state index contributed by atoms with van der Waals surface area (Å²) in [7, 11) is 0. The molecule has 2 heteroatoms. The molecule has 1 unspecified atom stereocenters. The number of fused-ring (bicyclic) bond motifs is 1. The van der Waals surface area contributed by atoms with Crippen LogP contribution in [-0.4, -0.2) is 6.54 Å². The van der Waals surface area contributed by atoms with E-state index in [2.05, 4.69) is 75.5 Å². The molecule has 1 aliphatic heterocycles. The van der Waals surface area contributed by atoms with E-state index in [-0.39, 0.29) is 11.5 Å². The highest BCUT2D eigenvalue weighted by Crippen LogP contribution is 2.37. The lowest BCUT2D eigenvalue weighted by molar-refractivity contribution is 0.210. The lowest BCUT2D eigenvalue weighted by Gasteiger charge is -2.29. The predicted octanol–water partition coefficient (Wildman–Crippen LogP) is 4.84. The molecule has 1 aliphatic rings. The highest BCUT2D eigenvalue weighted by Gasteiger charge is 2.23. The Morgan fingerprint density at radius 2 is 1.76 bits per heavy atom. The van der Waals surface area contributed by atoms with Crippen LogP contribution in [-0.2, 0) is 5.41 Å². The minimum Gasteiger partial charge on any atom is -0.482 e. The average molecular weight is 281 g/mol. The summed E-state index contributed by atoms with van der Waals surface area (Å²) in [5.74, 6) is 0.944. The van der Waals surface area contributed by atoms with Gasteiger partial charge in [-0.1, -0.05) is 56.7 Å². The second-order valence-corrected chi connectivity index (χ2v) is 6.86. The topological polar surface area (TPSA) is 21.3 Å². The van der Waals surface area contributed by atoms with Crippen LogP contribution in [0.2, 0.25) is 0 Å². The van der Waals surface area contributed by atoms with Crippen molar-refractivity contribution in [3.8, 4) is 5.75 Å². The van der Waals surface area contributed by atoms with Crippen LogP contribution in [0.3, 0.4) is 0 Å². The number of ether oxygens (including phenoxy) is 1. The minimum absolute atomic E-state index is 0.0820. The van der Waals surface area contributed by atoms with Crippen molar-refractivity contribution < 1.29 is 4.74 Å². The fourth-order valence-corrected chi connectivity index (χ4v) is 2.60. The molecule has 0 fully saturated rings. The second-order valence-electron chi connectivity index (χ2n) is 6.86. The van der Waals surface area contributed by atoms with Gasteiger partial charge in [0.15, 0.2) is 0 Å². The van der Waals surface area contributed by atoms with Crippen LogP contribution < -0.4 is 10.1 Å². The van der Waals surface area contributed by atoms with Crippen LogP contribution in [0.15, 0.2) is 42.5 Å². The maximum absolute atomic E-state index is 6.16. The van der Waals surface area contributed by atoms with Crippen molar-refractivity contribution in [3.05, 3.63) is 59.2 Å². The molecule has 2 aromatic carbocycles. The first kappa shape index (κ1) is 14.0. The monoisotopic (exact) mass is 281 g/mol. The summed E-state index contributed by atoms with van der Waals surface area (Å²) < 4.78 is 6.16. The van der Waals surface area contributed by atoms with Crippen molar-refractivity contribution >= 4 is 5.69 Å². The number of rotatable bonds is 1. The van der Waals surface area contributed by atoms with Gasteiger partial charge >= 0.3 is 0 Å². The fourth-order valence-electron chi connectivity index (χ4n) is 2.60. The quantitative estimate of drug-likeness (QED) is 0.807. The van der Waals surface area contributed by atoms with Crippen molar-refractivity contribution in [2.75, 3.05) is 11.9 Å². The summed E-state index contributed by atoms with van der Waals surface area (Å²) >= 11 is 0. The van der Waals surface area contributed by atoms with Crippen LogP contribution in [0.25, 0.3) is 0 Å². The Bertz CT molecular complexity index is 638. The molecule has 2 aromatic rings. The van der Waals surface area contributed by atoms with E-state index in [1.165, 1.54) is 16.7 Å². The molecular weight excluding hydrogens is 258 g/mol. The molecule has 1 N–H and O–H groups in total. The number of benzene rings is 2. The maximum Gasteiger partial charge on any atom is 0.143 e. The lowest BCUT2D eigenvalue weighted by atomic mass is 9.86. The molecule has 0 aliphatic carbocycles. The molecule has 1 atom stereocenters. The van der Waals surface area contributed by atoms with Gasteiger partial charge in [-0.15, -0.1) is 0 Å². The first-order chi connectivity index (χ1) is 9.93. The van der Waals surface area contributed by atoms with Crippen molar-refractivity contribution in [2.24, 2.45) is 0 Å². The van der Waals surface area contributed by atoms with Crippen molar-refractivity contribution in [1.29, 1.82) is 0 Å². The van der Waals surface area contributed by atoms with Gasteiger partial charge in [0, 0.05) is 0 Å². The van der Waals surface area contributed by atoms with Crippen molar-refractivity contribution in [3.63, 3.8) is 0 Å². The van der Waals surface area contributed by atoms with Gasteiger partial charge in [0.25, 0.3) is 0 Å². The first-order valence-corrected chi connectivity index (χ1v) is 7.55. The second kappa shape index (κ2) is 5.10. The molecule has 0 spiro atoms. The first-order valence-electron chi connectivity index (χ1n) is 7.55. The Kier molecular flexibility index (Phi) is 3.40. The third-order valence-electron chi connectivity index (χ3n) is 4.04. The van der Waals surface area contributed by atoms with Crippen molar-refractivity contribution in [2.45, 2.75) is 39.2 Å². The number of hydrogen-bond acceptors (Lipinski definition) is 2. The Labute approximate surface area is 127 Å². The molecule has 0 amide bonds. The number of nitrogens with one attached hydrogen (secondary N) is 1. The zero-order valence-electron chi connectivity index (χ0n) is 13.2. The smallest absolute Gasteiger partial charge is 0.143 e. The molecule has 0 aromatic heterocycles. The minimum atomic E-state index is 0.0820. The Morgan fingerprint density at radius 3 is 2.43 bits per heavy atom. The lowest BCUT2D eigenvalue weighted by Crippen LogP contribution is -2.24. The van der Waals surface area contributed by atoms with Gasteiger partial charge in [0.2, 0.25) is 0 Å². The summed E-state index contributed by atoms with van der Waals surface area (Å²) in [6, 6.07) is 15.0. The van der Waals surface area contributed by atoms with E-state index in [4.69, 9.17) is 4.74 Å². The molecule has 2 nitrogen and oxygen atoms in total. The van der Waals surface area contributed by atoms with Crippen LogP contribution >= 0.6 is 0 Å². The summed E-state index contributed by atoms with van der Waals surface area (Å²) in [5.41, 5.74) is 5.08. The van der Waals surface area contributed by atoms with Crippen molar-refractivity contribution in [1.82, 2.24) is 0 Å². The number of aryl methyl sites for hydroxylation is 1. The number of anilines is 1. The van der Waals surface area contributed by atoms with E-state index in [0.717, 1.165) is 18.0 Å². The average Bonchev–Trinajstić information content (AvgIpc) is 2.46. The zero-order valence-corrected chi connectivity index (χ0v) is 13.2. The Morgan fingerprint density at radius 1 is 1.05 bits per heavy atom. The molecule has 21 heavy (non-hydrogen) atoms. The molecule has 0 bridgehead atoms. The van der Waals surface area contributed by atoms with Gasteiger partial charge in [-0.3, -0.25) is 0 Å². The van der Waals surface area contributed by atoms with Crippen LogP contribution in [0, 0.1) is 6.92 Å². The Hall–Kier alpha value is -1.96. The van der Waals surface area contributed by atoms with Gasteiger partial charge in [-0.2, -0.15) is 0 Å². The normalized spacial score (nSPS) is 17.6. The number of hydrogen-bond donors (Lipinski definition) is 1. The largest absolute Gasteiger partial charge is 0.482 e. The predicted molar refractivity (Wildman–Crippen MR) is 88.2 cm³/mol. The summed E-state index contributed by atoms with van der Waals surface area (Å²) in [6.45, 7) is 9.60. The van der Waals surface area contributed by atoms with Gasteiger partial charge < -0.3 is 10.1 Å². The molecule has 0 saturated carbocycles. The van der Waals surface area contributed by atoms with Gasteiger partial charge in [0.1, 0.15) is 11.9 Å². The molecule has 3 rings (SSSR count). The summed E-state index contributed by atoms with van der Waals surface area (Å²) in [5, 5.41) is 3.51. The van der Waals surface area contributed by atoms with Crippen LogP contribution in [0.1, 0.15) is 43.6 Å². The van der Waals surface area contributed by atoms with Crippen LogP contribution in [0.5, 0.6) is 5.75 Å². The Balaban J connectivity index is 1.85. The molecule has 0 saturated heterocycles. The molecule has 110 valence electrons. The van der Waals surface area contributed by atoms with E-state index < -0.39 is 0 Å². The van der Waals surface area contributed by atoms with Crippen LogP contribution in [0.4, 0.5) is 5.69 Å². The van der Waals surface area contributed by atoms with E-state index >= 15 is 0 Å². The molecular formula is C19H23NO. The van der Waals surface area contributed by atoms with E-state index in [9.17, 15) is 0 Å². The fraction of sp³-hybridized carbons (Fsp3) is 0.368. The molecule has 1 heterocycles. The standard InChI is InChI=1S/C19H23NO/c1-13-5-7-14(8-6-13)18-12-20-16-11-15(19(2,3)4)9-10-17(16)21-18/h5-11,18,20H,12H2,1-4H3. The summed E-state index contributed by atoms with van der Waals surface area (Å²) in [4.78, 5) is 0. The zero-order chi connectivity index (χ0) is 15.0. The van der Waals surface area contributed by atoms with E-state index in [1.54, 1.807) is 0 Å². The maximum atomic E-state index is 6.16. The van der Waals surface area contributed by atoms with E-state index in [1.807, 2.05) is 0 Å². The summed E-state index contributed by atoms with van der Waals surface area (Å²) in [6.07, 6.45) is 0.0820.